The Bertz CT molecular complexity index is 2290. The molecule has 0 bridgehead atoms. The van der Waals surface area contributed by atoms with Gasteiger partial charge in [0.2, 0.25) is 0 Å². The molecule has 0 fully saturated rings. The molecule has 0 amide bonds. The topological polar surface area (TPSA) is 33.6 Å². The van der Waals surface area contributed by atoms with Crippen molar-refractivity contribution in [2.24, 2.45) is 0 Å². The van der Waals surface area contributed by atoms with Crippen LogP contribution in [-0.4, -0.2) is 9.13 Å². The van der Waals surface area contributed by atoms with E-state index >= 15 is 0 Å². The van der Waals surface area contributed by atoms with Gasteiger partial charge < -0.3 is 9.13 Å². The van der Waals surface area contributed by atoms with E-state index in [1.54, 1.807) is 0 Å². The Morgan fingerprint density at radius 3 is 1.71 bits per heavy atom. The minimum atomic E-state index is 0.641. The molecule has 0 spiro atoms. The van der Waals surface area contributed by atoms with E-state index in [4.69, 9.17) is 0 Å². The second kappa shape index (κ2) is 8.98. The molecule has 0 saturated heterocycles. The highest BCUT2D eigenvalue weighted by Gasteiger charge is 2.16. The van der Waals surface area contributed by atoms with Crippen molar-refractivity contribution >= 4 is 43.6 Å². The van der Waals surface area contributed by atoms with E-state index in [0.29, 0.717) is 5.56 Å². The summed E-state index contributed by atoms with van der Waals surface area (Å²) in [6.45, 7) is 2.16. The number of rotatable bonds is 3. The number of fused-ring (bicyclic) bond motifs is 6. The van der Waals surface area contributed by atoms with Crippen LogP contribution in [0.5, 0.6) is 0 Å². The van der Waals surface area contributed by atoms with Gasteiger partial charge in [0, 0.05) is 32.9 Å². The van der Waals surface area contributed by atoms with Gasteiger partial charge in [0.25, 0.3) is 0 Å². The molecule has 0 N–H and O–H groups in total. The Morgan fingerprint density at radius 1 is 0.488 bits per heavy atom. The maximum atomic E-state index is 10.1. The molecule has 0 atom stereocenters. The summed E-state index contributed by atoms with van der Waals surface area (Å²) in [5.74, 6) is 0. The van der Waals surface area contributed by atoms with Gasteiger partial charge in [0.1, 0.15) is 0 Å². The van der Waals surface area contributed by atoms with Gasteiger partial charge in [0.05, 0.1) is 33.7 Å². The number of nitrogens with zero attached hydrogens (tertiary/aromatic N) is 3. The predicted octanol–water partition coefficient (Wildman–Crippen LogP) is 9.73. The first-order chi connectivity index (χ1) is 20.2. The molecule has 0 aliphatic heterocycles. The second-order valence-corrected chi connectivity index (χ2v) is 10.6. The van der Waals surface area contributed by atoms with Gasteiger partial charge in [-0.1, -0.05) is 78.9 Å². The number of aryl methyl sites for hydroxylation is 1. The number of hydrogen-bond acceptors (Lipinski definition) is 1. The summed E-state index contributed by atoms with van der Waals surface area (Å²) < 4.78 is 4.64. The average Bonchev–Trinajstić information content (AvgIpc) is 3.54. The first-order valence-electron chi connectivity index (χ1n) is 13.8. The molecule has 0 unspecified atom stereocenters. The zero-order valence-corrected chi connectivity index (χ0v) is 22.5. The van der Waals surface area contributed by atoms with Crippen LogP contribution in [0.2, 0.25) is 0 Å². The van der Waals surface area contributed by atoms with Crippen LogP contribution < -0.4 is 0 Å². The monoisotopic (exact) mass is 523 g/mol. The van der Waals surface area contributed by atoms with Gasteiger partial charge in [-0.2, -0.15) is 5.26 Å². The molecule has 0 radical (unpaired) electrons. The summed E-state index contributed by atoms with van der Waals surface area (Å²) >= 11 is 0. The third kappa shape index (κ3) is 3.51. The van der Waals surface area contributed by atoms with Crippen molar-refractivity contribution < 1.29 is 0 Å². The van der Waals surface area contributed by atoms with E-state index in [2.05, 4.69) is 143 Å². The molecule has 8 aromatic rings. The maximum absolute atomic E-state index is 10.1. The molecule has 0 aliphatic rings. The molecule has 8 rings (SSSR count). The van der Waals surface area contributed by atoms with Crippen molar-refractivity contribution in [2.45, 2.75) is 6.92 Å². The van der Waals surface area contributed by atoms with E-state index in [1.165, 1.54) is 43.8 Å². The lowest BCUT2D eigenvalue weighted by molar-refractivity contribution is 1.15. The van der Waals surface area contributed by atoms with E-state index < -0.39 is 0 Å². The van der Waals surface area contributed by atoms with Gasteiger partial charge in [-0.25, -0.2) is 0 Å². The molecule has 3 heteroatoms. The van der Waals surface area contributed by atoms with Crippen LogP contribution in [0.1, 0.15) is 11.1 Å². The fourth-order valence-corrected chi connectivity index (χ4v) is 6.40. The Morgan fingerprint density at radius 2 is 1.05 bits per heavy atom. The Balaban J connectivity index is 1.38. The third-order valence-electron chi connectivity index (χ3n) is 8.25. The zero-order chi connectivity index (χ0) is 27.5. The lowest BCUT2D eigenvalue weighted by atomic mass is 10.00. The van der Waals surface area contributed by atoms with Gasteiger partial charge >= 0.3 is 0 Å². The molecular formula is C38H25N3. The normalized spacial score (nSPS) is 11.5. The van der Waals surface area contributed by atoms with Crippen molar-refractivity contribution in [2.75, 3.05) is 0 Å². The van der Waals surface area contributed by atoms with Gasteiger partial charge in [-0.15, -0.1) is 0 Å². The Kier molecular flexibility index (Phi) is 5.10. The van der Waals surface area contributed by atoms with E-state index in [9.17, 15) is 5.26 Å². The quantitative estimate of drug-likeness (QED) is 0.227. The van der Waals surface area contributed by atoms with E-state index in [1.807, 2.05) is 12.1 Å². The van der Waals surface area contributed by atoms with E-state index in [-0.39, 0.29) is 0 Å². The molecule has 3 nitrogen and oxygen atoms in total. The molecule has 2 heterocycles. The zero-order valence-electron chi connectivity index (χ0n) is 22.5. The molecular weight excluding hydrogens is 498 g/mol. The number of para-hydroxylation sites is 4. The Labute approximate surface area is 237 Å². The third-order valence-corrected chi connectivity index (χ3v) is 8.25. The van der Waals surface area contributed by atoms with E-state index in [0.717, 1.165) is 27.8 Å². The second-order valence-electron chi connectivity index (χ2n) is 10.6. The van der Waals surface area contributed by atoms with Gasteiger partial charge in [0.15, 0.2) is 0 Å². The standard InChI is InChI=1S/C38H25N3/c1-25-10-2-6-14-34(25)41-37-17-9-5-13-32(37)33-23-27(18-19-38(33)41)28-20-26(24-39)21-29(22-28)40-35-15-7-3-11-30(35)31-12-4-8-16-36(31)40/h2-23H,1H3. The van der Waals surface area contributed by atoms with Crippen molar-refractivity contribution in [1.82, 2.24) is 9.13 Å². The molecule has 0 saturated carbocycles. The van der Waals surface area contributed by atoms with Crippen molar-refractivity contribution in [1.29, 1.82) is 5.26 Å². The summed E-state index contributed by atoms with van der Waals surface area (Å²) in [7, 11) is 0. The molecule has 6 aromatic carbocycles. The van der Waals surface area contributed by atoms with Crippen LogP contribution in [0.4, 0.5) is 0 Å². The van der Waals surface area contributed by atoms with Crippen LogP contribution in [0, 0.1) is 18.3 Å². The van der Waals surface area contributed by atoms with Crippen molar-refractivity contribution in [3.05, 3.63) is 145 Å². The maximum Gasteiger partial charge on any atom is 0.0992 e. The Hall–Kier alpha value is -5.59. The van der Waals surface area contributed by atoms with Crippen LogP contribution in [0.3, 0.4) is 0 Å². The number of benzene rings is 6. The van der Waals surface area contributed by atoms with Gasteiger partial charge in [-0.3, -0.25) is 0 Å². The fraction of sp³-hybridized carbons (Fsp3) is 0.0263. The SMILES string of the molecule is Cc1ccccc1-n1c2ccccc2c2cc(-c3cc(C#N)cc(-n4c5ccccc5c5ccccc54)c3)ccc21. The lowest BCUT2D eigenvalue weighted by Crippen LogP contribution is -1.97. The molecule has 41 heavy (non-hydrogen) atoms. The minimum Gasteiger partial charge on any atom is -0.309 e. The summed E-state index contributed by atoms with van der Waals surface area (Å²) in [5.41, 5.74) is 10.8. The molecule has 192 valence electrons. The van der Waals surface area contributed by atoms with Crippen LogP contribution >= 0.6 is 0 Å². The van der Waals surface area contributed by atoms with Gasteiger partial charge in [-0.05, 0) is 78.2 Å². The highest BCUT2D eigenvalue weighted by atomic mass is 15.0. The lowest BCUT2D eigenvalue weighted by Gasteiger charge is -2.12. The molecule has 0 aliphatic carbocycles. The van der Waals surface area contributed by atoms with Crippen LogP contribution in [0.25, 0.3) is 66.1 Å². The smallest absolute Gasteiger partial charge is 0.0992 e. The predicted molar refractivity (Wildman–Crippen MR) is 170 cm³/mol. The minimum absolute atomic E-state index is 0.641. The summed E-state index contributed by atoms with van der Waals surface area (Å²) in [4.78, 5) is 0. The van der Waals surface area contributed by atoms with Crippen molar-refractivity contribution in [3.63, 3.8) is 0 Å². The first kappa shape index (κ1) is 23.3. The summed E-state index contributed by atoms with van der Waals surface area (Å²) in [6, 6.07) is 49.4. The van der Waals surface area contributed by atoms with Crippen LogP contribution in [0.15, 0.2) is 133 Å². The number of hydrogen-bond donors (Lipinski definition) is 0. The molecule has 2 aromatic heterocycles. The number of nitriles is 1. The van der Waals surface area contributed by atoms with Crippen molar-refractivity contribution in [3.8, 4) is 28.6 Å². The average molecular weight is 524 g/mol. The highest BCUT2D eigenvalue weighted by Crippen LogP contribution is 2.37. The van der Waals surface area contributed by atoms with Crippen LogP contribution in [-0.2, 0) is 0 Å². The highest BCUT2D eigenvalue weighted by molar-refractivity contribution is 6.11. The summed E-state index contributed by atoms with van der Waals surface area (Å²) in [6.07, 6.45) is 0. The number of aromatic nitrogens is 2. The summed E-state index contributed by atoms with van der Waals surface area (Å²) in [5, 5.41) is 14.9. The first-order valence-corrected chi connectivity index (χ1v) is 13.8. The fourth-order valence-electron chi connectivity index (χ4n) is 6.40. The largest absolute Gasteiger partial charge is 0.309 e.